The monoisotopic (exact) mass is 291 g/mol. The van der Waals surface area contributed by atoms with Crippen LogP contribution in [-0.2, 0) is 11.3 Å². The Kier molecular flexibility index (Phi) is 4.80. The number of carboxylic acids is 1. The van der Waals surface area contributed by atoms with Crippen LogP contribution in [0.15, 0.2) is 24.3 Å². The molecular weight excluding hydrogens is 270 g/mol. The average molecular weight is 291 g/mol. The summed E-state index contributed by atoms with van der Waals surface area (Å²) in [6, 6.07) is 7.47. The Labute approximate surface area is 124 Å². The highest BCUT2D eigenvalue weighted by Gasteiger charge is 2.37. The third kappa shape index (κ3) is 3.72. The van der Waals surface area contributed by atoms with Gasteiger partial charge in [-0.2, -0.15) is 0 Å². The fourth-order valence-corrected chi connectivity index (χ4v) is 2.36. The number of hydrogen-bond donors (Lipinski definition) is 3. The number of hydrogen-bond acceptors (Lipinski definition) is 3. The molecular formula is C15H21N3O3. The summed E-state index contributed by atoms with van der Waals surface area (Å²) in [5.41, 5.74) is 1.85. The van der Waals surface area contributed by atoms with Crippen molar-refractivity contribution in [3.8, 4) is 0 Å². The number of carbonyl (C=O) groups excluding carboxylic acids is 1. The molecule has 1 aromatic carbocycles. The maximum absolute atomic E-state index is 12.1. The molecule has 1 aliphatic rings. The van der Waals surface area contributed by atoms with E-state index >= 15 is 0 Å². The normalized spacial score (nSPS) is 16.2. The van der Waals surface area contributed by atoms with Crippen molar-refractivity contribution in [2.24, 2.45) is 11.8 Å². The second-order valence-corrected chi connectivity index (χ2v) is 5.45. The van der Waals surface area contributed by atoms with Crippen molar-refractivity contribution in [3.05, 3.63) is 29.8 Å². The molecule has 0 radical (unpaired) electrons. The minimum Gasteiger partial charge on any atom is -0.481 e. The van der Waals surface area contributed by atoms with E-state index in [-0.39, 0.29) is 11.9 Å². The first kappa shape index (κ1) is 15.3. The predicted molar refractivity (Wildman–Crippen MR) is 80.1 cm³/mol. The van der Waals surface area contributed by atoms with Gasteiger partial charge in [0.25, 0.3) is 0 Å². The molecule has 0 aliphatic carbocycles. The number of aliphatic carboxylic acids is 1. The molecule has 2 rings (SSSR count). The molecule has 2 amide bonds. The highest BCUT2D eigenvalue weighted by molar-refractivity contribution is 5.90. The standard InChI is InChI=1S/C15H21N3O3/c1-10(14(19)20)12-8-18(9-12)15(21)17-13-5-3-4-11(6-13)7-16-2/h3-6,10,12,16H,7-9H2,1-2H3,(H,17,21)(H,19,20). The lowest BCUT2D eigenvalue weighted by atomic mass is 9.87. The fourth-order valence-electron chi connectivity index (χ4n) is 2.36. The maximum atomic E-state index is 12.1. The van der Waals surface area contributed by atoms with Crippen molar-refractivity contribution < 1.29 is 14.7 Å². The van der Waals surface area contributed by atoms with Gasteiger partial charge in [0, 0.05) is 31.2 Å². The summed E-state index contributed by atoms with van der Waals surface area (Å²) in [6.45, 7) is 3.42. The summed E-state index contributed by atoms with van der Waals surface area (Å²) in [6.07, 6.45) is 0. The molecule has 1 unspecified atom stereocenters. The lowest BCUT2D eigenvalue weighted by molar-refractivity contribution is -0.144. The van der Waals surface area contributed by atoms with Gasteiger partial charge >= 0.3 is 12.0 Å². The molecule has 6 heteroatoms. The molecule has 3 N–H and O–H groups in total. The third-order valence-corrected chi connectivity index (χ3v) is 3.85. The summed E-state index contributed by atoms with van der Waals surface area (Å²) in [5.74, 6) is -1.17. The molecule has 0 aromatic heterocycles. The largest absolute Gasteiger partial charge is 0.481 e. The van der Waals surface area contributed by atoms with E-state index in [2.05, 4.69) is 10.6 Å². The molecule has 1 saturated heterocycles. The minimum atomic E-state index is -0.806. The number of amides is 2. The van der Waals surface area contributed by atoms with Gasteiger partial charge in [-0.1, -0.05) is 19.1 Å². The Morgan fingerprint density at radius 2 is 2.14 bits per heavy atom. The van der Waals surface area contributed by atoms with E-state index < -0.39 is 11.9 Å². The number of likely N-dealkylation sites (tertiary alicyclic amines) is 1. The van der Waals surface area contributed by atoms with Gasteiger partial charge in [-0.25, -0.2) is 4.79 Å². The van der Waals surface area contributed by atoms with Gasteiger partial charge in [-0.15, -0.1) is 0 Å². The van der Waals surface area contributed by atoms with Crippen LogP contribution in [-0.4, -0.2) is 42.1 Å². The van der Waals surface area contributed by atoms with Gasteiger partial charge in [0.1, 0.15) is 0 Å². The van der Waals surface area contributed by atoms with Crippen LogP contribution in [0.25, 0.3) is 0 Å². The van der Waals surface area contributed by atoms with Crippen LogP contribution in [0.5, 0.6) is 0 Å². The number of rotatable bonds is 5. The van der Waals surface area contributed by atoms with Gasteiger partial charge in [0.2, 0.25) is 0 Å². The van der Waals surface area contributed by atoms with Gasteiger partial charge in [0.05, 0.1) is 5.92 Å². The van der Waals surface area contributed by atoms with Crippen molar-refractivity contribution in [2.45, 2.75) is 13.5 Å². The summed E-state index contributed by atoms with van der Waals surface area (Å²) < 4.78 is 0. The Bertz CT molecular complexity index is 527. The van der Waals surface area contributed by atoms with E-state index in [4.69, 9.17) is 5.11 Å². The second-order valence-electron chi connectivity index (χ2n) is 5.45. The summed E-state index contributed by atoms with van der Waals surface area (Å²) in [4.78, 5) is 24.6. The number of nitrogens with one attached hydrogen (secondary N) is 2. The van der Waals surface area contributed by atoms with Gasteiger partial charge in [-0.05, 0) is 24.7 Å². The third-order valence-electron chi connectivity index (χ3n) is 3.85. The molecule has 114 valence electrons. The van der Waals surface area contributed by atoms with E-state index in [1.54, 1.807) is 11.8 Å². The maximum Gasteiger partial charge on any atom is 0.321 e. The summed E-state index contributed by atoms with van der Waals surface area (Å²) in [5, 5.41) is 14.8. The van der Waals surface area contributed by atoms with E-state index in [1.807, 2.05) is 31.3 Å². The Balaban J connectivity index is 1.86. The molecule has 0 spiro atoms. The van der Waals surface area contributed by atoms with Crippen LogP contribution >= 0.6 is 0 Å². The van der Waals surface area contributed by atoms with E-state index in [0.29, 0.717) is 13.1 Å². The van der Waals surface area contributed by atoms with Crippen LogP contribution in [0.4, 0.5) is 10.5 Å². The number of carbonyl (C=O) groups is 2. The van der Waals surface area contributed by atoms with Gasteiger partial charge in [0.15, 0.2) is 0 Å². The Morgan fingerprint density at radius 3 is 2.76 bits per heavy atom. The first-order valence-corrected chi connectivity index (χ1v) is 7.03. The molecule has 1 atom stereocenters. The van der Waals surface area contributed by atoms with Crippen LogP contribution in [0.3, 0.4) is 0 Å². The fraction of sp³-hybridized carbons (Fsp3) is 0.467. The van der Waals surface area contributed by atoms with Crippen LogP contribution in [0, 0.1) is 11.8 Å². The second kappa shape index (κ2) is 6.58. The molecule has 1 aromatic rings. The number of anilines is 1. The minimum absolute atomic E-state index is 0.0453. The number of urea groups is 1. The number of nitrogens with zero attached hydrogens (tertiary/aromatic N) is 1. The quantitative estimate of drug-likeness (QED) is 0.769. The van der Waals surface area contributed by atoms with Gasteiger partial charge < -0.3 is 20.6 Å². The number of benzene rings is 1. The smallest absolute Gasteiger partial charge is 0.321 e. The van der Waals surface area contributed by atoms with E-state index in [0.717, 1.165) is 17.8 Å². The molecule has 1 fully saturated rings. The summed E-state index contributed by atoms with van der Waals surface area (Å²) in [7, 11) is 1.87. The zero-order valence-corrected chi connectivity index (χ0v) is 12.3. The molecule has 21 heavy (non-hydrogen) atoms. The van der Waals surface area contributed by atoms with Crippen molar-refractivity contribution in [1.82, 2.24) is 10.2 Å². The van der Waals surface area contributed by atoms with Gasteiger partial charge in [-0.3, -0.25) is 4.79 Å². The van der Waals surface area contributed by atoms with Crippen molar-refractivity contribution in [1.29, 1.82) is 0 Å². The summed E-state index contributed by atoms with van der Waals surface area (Å²) >= 11 is 0. The van der Waals surface area contributed by atoms with Crippen molar-refractivity contribution >= 4 is 17.7 Å². The zero-order valence-electron chi connectivity index (χ0n) is 12.3. The molecule has 0 bridgehead atoms. The average Bonchev–Trinajstić information content (AvgIpc) is 2.37. The lowest BCUT2D eigenvalue weighted by Crippen LogP contribution is -2.54. The first-order valence-electron chi connectivity index (χ1n) is 7.03. The van der Waals surface area contributed by atoms with Crippen LogP contribution in [0.2, 0.25) is 0 Å². The molecule has 0 saturated carbocycles. The van der Waals surface area contributed by atoms with Crippen molar-refractivity contribution in [2.75, 3.05) is 25.5 Å². The number of carboxylic acid groups (broad SMARTS) is 1. The zero-order chi connectivity index (χ0) is 15.4. The highest BCUT2D eigenvalue weighted by atomic mass is 16.4. The van der Waals surface area contributed by atoms with E-state index in [9.17, 15) is 9.59 Å². The Morgan fingerprint density at radius 1 is 1.43 bits per heavy atom. The predicted octanol–water partition coefficient (Wildman–Crippen LogP) is 1.59. The van der Waals surface area contributed by atoms with E-state index in [1.165, 1.54) is 0 Å². The molecule has 6 nitrogen and oxygen atoms in total. The molecule has 1 heterocycles. The topological polar surface area (TPSA) is 81.7 Å². The molecule has 1 aliphatic heterocycles. The first-order chi connectivity index (χ1) is 10.0. The SMILES string of the molecule is CNCc1cccc(NC(=O)N2CC(C(C)C(=O)O)C2)c1. The van der Waals surface area contributed by atoms with Crippen molar-refractivity contribution in [3.63, 3.8) is 0 Å². The Hall–Kier alpha value is -2.08. The van der Waals surface area contributed by atoms with Crippen LogP contribution < -0.4 is 10.6 Å². The lowest BCUT2D eigenvalue weighted by Gasteiger charge is -2.41. The highest BCUT2D eigenvalue weighted by Crippen LogP contribution is 2.24. The van der Waals surface area contributed by atoms with Crippen LogP contribution in [0.1, 0.15) is 12.5 Å².